The first-order valence-electron chi connectivity index (χ1n) is 10.8. The fourth-order valence-corrected chi connectivity index (χ4v) is 4.42. The van der Waals surface area contributed by atoms with Crippen LogP contribution < -0.4 is 15.7 Å². The number of nitrogens with zero attached hydrogens (tertiary/aromatic N) is 6. The minimum Gasteiger partial charge on any atom is -0.478 e. The predicted molar refractivity (Wildman–Crippen MR) is 119 cm³/mol. The van der Waals surface area contributed by atoms with Gasteiger partial charge in [0.1, 0.15) is 5.69 Å². The highest BCUT2D eigenvalue weighted by Crippen LogP contribution is 2.41. The average molecular weight is 438 g/mol. The Hall–Kier alpha value is -3.56. The zero-order valence-corrected chi connectivity index (χ0v) is 18.5. The predicted octanol–water partition coefficient (Wildman–Crippen LogP) is 2.21. The molecule has 0 bridgehead atoms. The van der Waals surface area contributed by atoms with Crippen LogP contribution in [0.2, 0.25) is 0 Å². The number of aryl methyl sites for hydroxylation is 1. The minimum absolute atomic E-state index is 0.00256. The number of ether oxygens (including phenoxy) is 1. The van der Waals surface area contributed by atoms with Crippen molar-refractivity contribution >= 4 is 22.9 Å². The largest absolute Gasteiger partial charge is 0.478 e. The summed E-state index contributed by atoms with van der Waals surface area (Å²) in [5.41, 5.74) is 2.86. The summed E-state index contributed by atoms with van der Waals surface area (Å²) in [6.45, 7) is 3.56. The molecule has 3 aromatic heterocycles. The lowest BCUT2D eigenvalue weighted by atomic mass is 9.85. The van der Waals surface area contributed by atoms with Gasteiger partial charge in [0.25, 0.3) is 5.88 Å². The Morgan fingerprint density at radius 2 is 2.06 bits per heavy atom. The molecule has 32 heavy (non-hydrogen) atoms. The second kappa shape index (κ2) is 7.54. The van der Waals surface area contributed by atoms with Crippen LogP contribution in [-0.2, 0) is 11.8 Å². The van der Waals surface area contributed by atoms with E-state index in [1.54, 1.807) is 32.7 Å². The number of aromatic nitrogens is 5. The number of carbonyl (C=O) groups is 1. The number of hydrogen-bond donors (Lipinski definition) is 1. The third-order valence-corrected chi connectivity index (χ3v) is 6.52. The molecule has 2 saturated carbocycles. The molecule has 0 spiro atoms. The Kier molecular flexibility index (Phi) is 4.79. The van der Waals surface area contributed by atoms with Gasteiger partial charge in [-0.25, -0.2) is 14.2 Å². The highest BCUT2D eigenvalue weighted by Gasteiger charge is 2.36. The van der Waals surface area contributed by atoms with Crippen LogP contribution in [0.5, 0.6) is 5.88 Å². The number of carbonyl (C=O) groups excluding carboxylic acids is 1. The lowest BCUT2D eigenvalue weighted by Gasteiger charge is -2.41. The third kappa shape index (κ3) is 3.26. The normalized spacial score (nSPS) is 20.1. The Morgan fingerprint density at radius 3 is 2.72 bits per heavy atom. The highest BCUT2D eigenvalue weighted by atomic mass is 16.5. The van der Waals surface area contributed by atoms with Gasteiger partial charge in [-0.2, -0.15) is 0 Å². The third-order valence-electron chi connectivity index (χ3n) is 6.52. The summed E-state index contributed by atoms with van der Waals surface area (Å²) in [6.07, 6.45) is 10.3. The molecule has 0 aliphatic heterocycles. The second-order valence-corrected chi connectivity index (χ2v) is 8.63. The van der Waals surface area contributed by atoms with E-state index in [0.29, 0.717) is 41.7 Å². The average Bonchev–Trinajstić information content (AvgIpc) is 3.39. The maximum absolute atomic E-state index is 13.5. The second-order valence-electron chi connectivity index (χ2n) is 8.63. The molecule has 3 aromatic rings. The Bertz CT molecular complexity index is 1260. The van der Waals surface area contributed by atoms with Crippen LogP contribution >= 0.6 is 0 Å². The van der Waals surface area contributed by atoms with Crippen LogP contribution in [0.3, 0.4) is 0 Å². The minimum atomic E-state index is -0.104. The smallest absolute Gasteiger partial charge is 0.334 e. The van der Waals surface area contributed by atoms with E-state index >= 15 is 0 Å². The molecule has 0 aromatic carbocycles. The highest BCUT2D eigenvalue weighted by molar-refractivity contribution is 5.87. The van der Waals surface area contributed by atoms with Crippen LogP contribution in [0.15, 0.2) is 36.0 Å². The summed E-state index contributed by atoms with van der Waals surface area (Å²) < 4.78 is 10.5. The first-order valence-corrected chi connectivity index (χ1v) is 10.8. The van der Waals surface area contributed by atoms with Crippen molar-refractivity contribution in [3.8, 4) is 5.88 Å². The van der Waals surface area contributed by atoms with Crippen LogP contribution in [0.25, 0.3) is 5.65 Å². The number of methoxy groups -OCH3 is 1. The fraction of sp³-hybridized carbons (Fsp3) is 0.455. The molecule has 2 aliphatic rings. The van der Waals surface area contributed by atoms with Crippen LogP contribution in [-0.4, -0.2) is 54.7 Å². The number of amides is 1. The van der Waals surface area contributed by atoms with Gasteiger partial charge in [0.2, 0.25) is 5.91 Å². The van der Waals surface area contributed by atoms with Crippen LogP contribution in [0.4, 0.5) is 11.4 Å². The lowest BCUT2D eigenvalue weighted by Crippen LogP contribution is -2.48. The summed E-state index contributed by atoms with van der Waals surface area (Å²) in [5.74, 6) is 0.735. The van der Waals surface area contributed by atoms with Crippen molar-refractivity contribution < 1.29 is 9.53 Å². The van der Waals surface area contributed by atoms with E-state index in [4.69, 9.17) is 4.74 Å². The van der Waals surface area contributed by atoms with Gasteiger partial charge in [-0.15, -0.1) is 5.10 Å². The number of likely N-dealkylation sites (N-methyl/N-ethyl adjacent to an activating group) is 1. The summed E-state index contributed by atoms with van der Waals surface area (Å²) in [5, 5.41) is 7.66. The topological polar surface area (TPSA) is 98.7 Å². The first-order chi connectivity index (χ1) is 15.4. The number of anilines is 2. The Balaban J connectivity index is 1.54. The molecule has 1 amide bonds. The molecule has 2 fully saturated rings. The Morgan fingerprint density at radius 1 is 1.31 bits per heavy atom. The lowest BCUT2D eigenvalue weighted by molar-refractivity contribution is -0.129. The number of imidazole rings is 1. The van der Waals surface area contributed by atoms with E-state index in [-0.39, 0.29) is 23.7 Å². The van der Waals surface area contributed by atoms with E-state index < -0.39 is 0 Å². The number of hydrogen-bond acceptors (Lipinski definition) is 6. The molecule has 5 rings (SSSR count). The van der Waals surface area contributed by atoms with Crippen molar-refractivity contribution in [2.45, 2.75) is 43.7 Å². The van der Waals surface area contributed by atoms with Crippen molar-refractivity contribution in [3.05, 3.63) is 47.4 Å². The summed E-state index contributed by atoms with van der Waals surface area (Å²) in [7, 11) is 5.17. The van der Waals surface area contributed by atoms with Gasteiger partial charge in [-0.05, 0) is 31.8 Å². The van der Waals surface area contributed by atoms with Crippen molar-refractivity contribution in [2.75, 3.05) is 19.5 Å². The molecule has 0 radical (unpaired) electrons. The van der Waals surface area contributed by atoms with Gasteiger partial charge in [0.15, 0.2) is 5.65 Å². The molecule has 2 aliphatic carbocycles. The van der Waals surface area contributed by atoms with Crippen molar-refractivity contribution in [2.24, 2.45) is 7.05 Å². The molecular formula is C22H27N7O3. The molecule has 0 saturated heterocycles. The molecule has 10 heteroatoms. The maximum Gasteiger partial charge on any atom is 0.334 e. The molecule has 0 atom stereocenters. The quantitative estimate of drug-likeness (QED) is 0.569. The molecular weight excluding hydrogens is 410 g/mol. The first kappa shape index (κ1) is 20.3. The SMILES string of the molecule is C=CC(=O)N(C)C1CC(n2cc(Nc3cn(C)nc3OC)c3ncc(C4CC4)n3c2=O)C1. The van der Waals surface area contributed by atoms with E-state index in [2.05, 4.69) is 22.0 Å². The van der Waals surface area contributed by atoms with Crippen LogP contribution in [0.1, 0.15) is 43.3 Å². The van der Waals surface area contributed by atoms with Crippen molar-refractivity contribution in [1.29, 1.82) is 0 Å². The van der Waals surface area contributed by atoms with E-state index in [9.17, 15) is 9.59 Å². The summed E-state index contributed by atoms with van der Waals surface area (Å²) >= 11 is 0. The van der Waals surface area contributed by atoms with Gasteiger partial charge < -0.3 is 15.0 Å². The van der Waals surface area contributed by atoms with Crippen LogP contribution in [0, 0.1) is 0 Å². The molecule has 168 valence electrons. The molecule has 1 N–H and O–H groups in total. The van der Waals surface area contributed by atoms with Crippen molar-refractivity contribution in [1.82, 2.24) is 28.6 Å². The Labute approximate surface area is 185 Å². The van der Waals surface area contributed by atoms with E-state index in [1.807, 2.05) is 25.6 Å². The monoisotopic (exact) mass is 437 g/mol. The van der Waals surface area contributed by atoms with Crippen molar-refractivity contribution in [3.63, 3.8) is 0 Å². The maximum atomic E-state index is 13.5. The molecule has 3 heterocycles. The van der Waals surface area contributed by atoms with Gasteiger partial charge in [0, 0.05) is 44.5 Å². The van der Waals surface area contributed by atoms with E-state index in [1.165, 1.54) is 6.08 Å². The number of rotatable bonds is 7. The van der Waals surface area contributed by atoms with Gasteiger partial charge in [-0.3, -0.25) is 14.0 Å². The summed E-state index contributed by atoms with van der Waals surface area (Å²) in [4.78, 5) is 31.7. The van der Waals surface area contributed by atoms with Gasteiger partial charge in [0.05, 0.1) is 24.7 Å². The zero-order valence-electron chi connectivity index (χ0n) is 18.5. The summed E-state index contributed by atoms with van der Waals surface area (Å²) in [6, 6.07) is 0.0939. The number of fused-ring (bicyclic) bond motifs is 1. The van der Waals surface area contributed by atoms with E-state index in [0.717, 1.165) is 18.5 Å². The fourth-order valence-electron chi connectivity index (χ4n) is 4.42. The standard InChI is InChI=1S/C22H27N7O3/c1-5-19(30)27(3)14-8-15(9-14)28-12-16(24-17-11-26(2)25-21(17)32-4)20-23-10-18(13-6-7-13)29(20)22(28)31/h5,10-15,24H,1,6-9H2,2-4H3. The molecule has 0 unspecified atom stereocenters. The number of nitrogens with one attached hydrogen (secondary N) is 1. The molecule has 10 nitrogen and oxygen atoms in total. The zero-order chi connectivity index (χ0) is 22.6. The van der Waals surface area contributed by atoms with Gasteiger partial charge in [-0.1, -0.05) is 6.58 Å². The van der Waals surface area contributed by atoms with Gasteiger partial charge >= 0.3 is 5.69 Å².